The first-order valence-corrected chi connectivity index (χ1v) is 15.0. The Kier molecular flexibility index (Phi) is 7.64. The zero-order valence-corrected chi connectivity index (χ0v) is 23.7. The van der Waals surface area contributed by atoms with Gasteiger partial charge in [0.25, 0.3) is 0 Å². The van der Waals surface area contributed by atoms with Crippen molar-refractivity contribution in [2.75, 3.05) is 13.6 Å². The normalized spacial score (nSPS) is 16.9. The third-order valence-electron chi connectivity index (χ3n) is 8.13. The van der Waals surface area contributed by atoms with Gasteiger partial charge in [-0.1, -0.05) is 80.6 Å². The summed E-state index contributed by atoms with van der Waals surface area (Å²) in [6, 6.07) is 27.9. The van der Waals surface area contributed by atoms with Crippen LogP contribution in [0.25, 0.3) is 10.9 Å². The Balaban J connectivity index is 1.57. The van der Waals surface area contributed by atoms with Crippen LogP contribution < -0.4 is 5.32 Å². The van der Waals surface area contributed by atoms with Crippen molar-refractivity contribution in [3.05, 3.63) is 107 Å². The van der Waals surface area contributed by atoms with Crippen molar-refractivity contribution in [2.45, 2.75) is 56.5 Å². The molecule has 1 N–H and O–H groups in total. The number of nitrogens with zero attached hydrogens (tertiary/aromatic N) is 3. The van der Waals surface area contributed by atoms with Crippen molar-refractivity contribution in [3.63, 3.8) is 0 Å². The van der Waals surface area contributed by atoms with Crippen molar-refractivity contribution in [2.24, 2.45) is 0 Å². The van der Waals surface area contributed by atoms with E-state index in [0.717, 1.165) is 35.9 Å². The van der Waals surface area contributed by atoms with Gasteiger partial charge in [-0.3, -0.25) is 0 Å². The first kappa shape index (κ1) is 27.1. The Hall–Kier alpha value is -3.44. The summed E-state index contributed by atoms with van der Waals surface area (Å²) in [6.07, 6.45) is 4.46. The molecule has 202 valence electrons. The van der Waals surface area contributed by atoms with Crippen molar-refractivity contribution in [3.8, 4) is 6.07 Å². The molecule has 1 aromatic heterocycles. The maximum Gasteiger partial charge on any atom is 0.234 e. The minimum absolute atomic E-state index is 0.180. The fraction of sp³-hybridized carbons (Fsp3) is 0.344. The molecule has 3 aromatic carbocycles. The van der Waals surface area contributed by atoms with Crippen LogP contribution in [-0.2, 0) is 28.5 Å². The van der Waals surface area contributed by atoms with Crippen molar-refractivity contribution in [1.29, 1.82) is 5.26 Å². The van der Waals surface area contributed by atoms with E-state index in [0.29, 0.717) is 18.2 Å². The molecular weight excluding hydrogens is 504 g/mol. The maximum absolute atomic E-state index is 13.6. The Morgan fingerprint density at radius 2 is 1.72 bits per heavy atom. The molecule has 5 rings (SSSR count). The molecule has 1 aliphatic rings. The van der Waals surface area contributed by atoms with Crippen molar-refractivity contribution >= 4 is 20.9 Å². The molecule has 2 atom stereocenters. The fourth-order valence-electron chi connectivity index (χ4n) is 5.81. The molecule has 7 heteroatoms. The number of hydrogen-bond donors (Lipinski definition) is 1. The number of hydrogen-bond acceptors (Lipinski definition) is 4. The lowest BCUT2D eigenvalue weighted by atomic mass is 9.77. The first-order chi connectivity index (χ1) is 18.7. The number of rotatable bonds is 9. The number of nitrogens with one attached hydrogen (secondary N) is 1. The van der Waals surface area contributed by atoms with Crippen LogP contribution >= 0.6 is 0 Å². The first-order valence-electron chi connectivity index (χ1n) is 13.5. The molecule has 6 nitrogen and oxygen atoms in total. The van der Waals surface area contributed by atoms with E-state index in [-0.39, 0.29) is 12.0 Å². The van der Waals surface area contributed by atoms with E-state index in [2.05, 4.69) is 48.1 Å². The number of fused-ring (bicyclic) bond motifs is 1. The number of nitriles is 1. The Labute approximate surface area is 231 Å². The Bertz CT molecular complexity index is 1580. The summed E-state index contributed by atoms with van der Waals surface area (Å²) in [5, 5.41) is 13.5. The van der Waals surface area contributed by atoms with Gasteiger partial charge in [-0.2, -0.15) is 9.57 Å². The molecule has 0 bridgehead atoms. The van der Waals surface area contributed by atoms with Gasteiger partial charge in [-0.05, 0) is 53.8 Å². The smallest absolute Gasteiger partial charge is 0.234 e. The quantitative estimate of drug-likeness (QED) is 0.293. The molecule has 0 radical (unpaired) electrons. The summed E-state index contributed by atoms with van der Waals surface area (Å²) >= 11 is 0. The van der Waals surface area contributed by atoms with Gasteiger partial charge in [0.2, 0.25) is 10.0 Å². The van der Waals surface area contributed by atoms with E-state index in [1.165, 1.54) is 15.4 Å². The van der Waals surface area contributed by atoms with Gasteiger partial charge in [0.1, 0.15) is 0 Å². The van der Waals surface area contributed by atoms with Gasteiger partial charge < -0.3 is 9.88 Å². The van der Waals surface area contributed by atoms with Crippen LogP contribution in [-0.4, -0.2) is 36.9 Å². The van der Waals surface area contributed by atoms with Gasteiger partial charge >= 0.3 is 0 Å². The van der Waals surface area contributed by atoms with Gasteiger partial charge in [-0.15, -0.1) is 0 Å². The zero-order valence-electron chi connectivity index (χ0n) is 22.8. The molecule has 0 spiro atoms. The lowest BCUT2D eigenvalue weighted by Gasteiger charge is -2.32. The second-order valence-corrected chi connectivity index (χ2v) is 13.2. The summed E-state index contributed by atoms with van der Waals surface area (Å²) < 4.78 is 30.8. The molecule has 1 saturated heterocycles. The summed E-state index contributed by atoms with van der Waals surface area (Å²) in [5.41, 5.74) is 4.60. The van der Waals surface area contributed by atoms with Gasteiger partial charge in [0, 0.05) is 48.7 Å². The van der Waals surface area contributed by atoms with Crippen LogP contribution in [0.2, 0.25) is 0 Å². The standard InChI is InChI=1S/C32H36N4O2S/c1-32(2,31-15-10-18-34-31)28-23-36(22-25-13-8-5-9-14-25)29-17-16-26(19-27(28)29)30(20-33)39(37,38)35(3)21-24-11-6-4-7-12-24/h4-9,11-14,16-17,19,23,30-31,34H,10,15,18,21-22H2,1-3H3/t30?,31-/m1/s1. The highest BCUT2D eigenvalue weighted by Gasteiger charge is 2.37. The summed E-state index contributed by atoms with van der Waals surface area (Å²) in [6.45, 7) is 6.45. The molecule has 0 aliphatic carbocycles. The summed E-state index contributed by atoms with van der Waals surface area (Å²) in [4.78, 5) is 0. The van der Waals surface area contributed by atoms with E-state index in [4.69, 9.17) is 0 Å². The number of sulfonamides is 1. The molecule has 1 aliphatic heterocycles. The topological polar surface area (TPSA) is 78.1 Å². The number of aromatic nitrogens is 1. The minimum Gasteiger partial charge on any atom is -0.343 e. The molecule has 0 saturated carbocycles. The number of benzene rings is 3. The van der Waals surface area contributed by atoms with E-state index in [1.54, 1.807) is 13.1 Å². The highest BCUT2D eigenvalue weighted by Crippen LogP contribution is 2.39. The van der Waals surface area contributed by atoms with Gasteiger partial charge in [0.05, 0.1) is 6.07 Å². The lowest BCUT2D eigenvalue weighted by Crippen LogP contribution is -2.40. The van der Waals surface area contributed by atoms with E-state index in [1.807, 2.05) is 60.7 Å². The predicted molar refractivity (Wildman–Crippen MR) is 157 cm³/mol. The monoisotopic (exact) mass is 540 g/mol. The molecule has 0 amide bonds. The van der Waals surface area contributed by atoms with Crippen LogP contribution in [0, 0.1) is 11.3 Å². The SMILES string of the molecule is CN(Cc1ccccc1)S(=O)(=O)C(C#N)c1ccc2c(c1)c(C(C)(C)[C@H]1CCCN1)cn2Cc1ccccc1. The van der Waals surface area contributed by atoms with Crippen LogP contribution in [0.1, 0.15) is 54.2 Å². The summed E-state index contributed by atoms with van der Waals surface area (Å²) in [7, 11) is -2.38. The molecule has 1 unspecified atom stereocenters. The minimum atomic E-state index is -3.92. The molecule has 4 aromatic rings. The molecule has 1 fully saturated rings. The van der Waals surface area contributed by atoms with Crippen LogP contribution in [0.3, 0.4) is 0 Å². The maximum atomic E-state index is 13.6. The third-order valence-corrected chi connectivity index (χ3v) is 10.1. The molecule has 39 heavy (non-hydrogen) atoms. The Morgan fingerprint density at radius 3 is 2.33 bits per heavy atom. The summed E-state index contributed by atoms with van der Waals surface area (Å²) in [5.74, 6) is 0. The van der Waals surface area contributed by atoms with Crippen LogP contribution in [0.4, 0.5) is 0 Å². The predicted octanol–water partition coefficient (Wildman–Crippen LogP) is 5.75. The largest absolute Gasteiger partial charge is 0.343 e. The highest BCUT2D eigenvalue weighted by molar-refractivity contribution is 7.89. The average Bonchev–Trinajstić information content (AvgIpc) is 3.60. The second-order valence-electron chi connectivity index (χ2n) is 11.1. The lowest BCUT2D eigenvalue weighted by molar-refractivity contribution is 0.379. The van der Waals surface area contributed by atoms with Gasteiger partial charge in [0.15, 0.2) is 5.25 Å². The van der Waals surface area contributed by atoms with Crippen LogP contribution in [0.5, 0.6) is 0 Å². The second kappa shape index (κ2) is 11.0. The van der Waals surface area contributed by atoms with Gasteiger partial charge in [-0.25, -0.2) is 8.42 Å². The van der Waals surface area contributed by atoms with E-state index >= 15 is 0 Å². The van der Waals surface area contributed by atoms with E-state index in [9.17, 15) is 13.7 Å². The third kappa shape index (κ3) is 5.38. The van der Waals surface area contributed by atoms with Crippen LogP contribution in [0.15, 0.2) is 85.1 Å². The zero-order chi connectivity index (χ0) is 27.6. The van der Waals surface area contributed by atoms with E-state index < -0.39 is 15.3 Å². The molecular formula is C32H36N4O2S. The van der Waals surface area contributed by atoms with Crippen molar-refractivity contribution < 1.29 is 8.42 Å². The highest BCUT2D eigenvalue weighted by atomic mass is 32.2. The van der Waals surface area contributed by atoms with Crippen molar-refractivity contribution in [1.82, 2.24) is 14.2 Å². The fourth-order valence-corrected chi connectivity index (χ4v) is 7.13. The Morgan fingerprint density at radius 1 is 1.05 bits per heavy atom. The molecule has 2 heterocycles. The average molecular weight is 541 g/mol.